The highest BCUT2D eigenvalue weighted by molar-refractivity contribution is 6.32. The topological polar surface area (TPSA) is 30.5 Å². The summed E-state index contributed by atoms with van der Waals surface area (Å²) >= 11 is 12.5. The largest absolute Gasteiger partial charge is 0.493 e. The fourth-order valence-electron chi connectivity index (χ4n) is 2.68. The molecule has 3 rings (SSSR count). The maximum absolute atomic E-state index is 13.2. The zero-order valence-electron chi connectivity index (χ0n) is 15.6. The van der Waals surface area contributed by atoms with Crippen molar-refractivity contribution < 1.29 is 13.9 Å². The number of benzene rings is 3. The minimum Gasteiger partial charge on any atom is -0.493 e. The number of hydrogen-bond donors (Lipinski definition) is 1. The summed E-state index contributed by atoms with van der Waals surface area (Å²) in [4.78, 5) is 0. The third-order valence-electron chi connectivity index (χ3n) is 4.22. The van der Waals surface area contributed by atoms with Gasteiger partial charge in [0.2, 0.25) is 0 Å². The average molecular weight is 420 g/mol. The second kappa shape index (κ2) is 9.18. The molecule has 3 aromatic carbocycles. The smallest absolute Gasteiger partial charge is 0.180 e. The summed E-state index contributed by atoms with van der Waals surface area (Å²) < 4.78 is 24.4. The summed E-state index contributed by atoms with van der Waals surface area (Å²) in [7, 11) is 1.56. The van der Waals surface area contributed by atoms with Gasteiger partial charge in [-0.2, -0.15) is 0 Å². The zero-order valence-corrected chi connectivity index (χ0v) is 17.1. The van der Waals surface area contributed by atoms with Crippen molar-refractivity contribution in [1.82, 2.24) is 0 Å². The third-order valence-corrected chi connectivity index (χ3v) is 4.86. The zero-order chi connectivity index (χ0) is 20.1. The summed E-state index contributed by atoms with van der Waals surface area (Å²) in [5.74, 6) is 0.546. The maximum Gasteiger partial charge on any atom is 0.180 e. The molecule has 0 atom stereocenters. The highest BCUT2D eigenvalue weighted by atomic mass is 35.5. The number of ether oxygens (including phenoxy) is 2. The molecule has 0 heterocycles. The first-order valence-electron chi connectivity index (χ1n) is 8.70. The molecule has 3 aromatic rings. The SMILES string of the molecule is COc1cc(CNc2ccc(C)cc2)cc(Cl)c1OCc1ccc(F)cc1Cl. The Balaban J connectivity index is 1.72. The van der Waals surface area contributed by atoms with Gasteiger partial charge in [0.25, 0.3) is 0 Å². The van der Waals surface area contributed by atoms with Crippen molar-refractivity contribution in [3.8, 4) is 11.5 Å². The van der Waals surface area contributed by atoms with Gasteiger partial charge in [-0.1, -0.05) is 47.0 Å². The first kappa shape index (κ1) is 20.3. The Morgan fingerprint density at radius 2 is 1.71 bits per heavy atom. The Kier molecular flexibility index (Phi) is 6.65. The number of nitrogens with one attached hydrogen (secondary N) is 1. The van der Waals surface area contributed by atoms with E-state index in [1.165, 1.54) is 17.7 Å². The van der Waals surface area contributed by atoms with Gasteiger partial charge in [0.15, 0.2) is 11.5 Å². The Morgan fingerprint density at radius 3 is 2.39 bits per heavy atom. The first-order chi connectivity index (χ1) is 13.5. The number of halogens is 3. The van der Waals surface area contributed by atoms with E-state index in [1.807, 2.05) is 43.3 Å². The van der Waals surface area contributed by atoms with Crippen LogP contribution in [0, 0.1) is 12.7 Å². The highest BCUT2D eigenvalue weighted by Gasteiger charge is 2.13. The molecule has 0 aliphatic rings. The Hall–Kier alpha value is -2.43. The third kappa shape index (κ3) is 5.09. The lowest BCUT2D eigenvalue weighted by atomic mass is 10.1. The number of anilines is 1. The maximum atomic E-state index is 13.2. The summed E-state index contributed by atoms with van der Waals surface area (Å²) in [5.41, 5.74) is 3.84. The summed E-state index contributed by atoms with van der Waals surface area (Å²) in [6.07, 6.45) is 0. The molecule has 0 aromatic heterocycles. The van der Waals surface area contributed by atoms with Crippen LogP contribution in [0.3, 0.4) is 0 Å². The van der Waals surface area contributed by atoms with Gasteiger partial charge < -0.3 is 14.8 Å². The molecule has 0 amide bonds. The van der Waals surface area contributed by atoms with E-state index < -0.39 is 5.82 Å². The van der Waals surface area contributed by atoms with Gasteiger partial charge in [0.1, 0.15) is 12.4 Å². The molecule has 0 saturated carbocycles. The lowest BCUT2D eigenvalue weighted by molar-refractivity contribution is 0.284. The van der Waals surface area contributed by atoms with Crippen molar-refractivity contribution >= 4 is 28.9 Å². The van der Waals surface area contributed by atoms with Crippen LogP contribution < -0.4 is 14.8 Å². The number of hydrogen-bond acceptors (Lipinski definition) is 3. The molecule has 0 aliphatic carbocycles. The molecule has 0 spiro atoms. The van der Waals surface area contributed by atoms with Crippen LogP contribution in [0.1, 0.15) is 16.7 Å². The summed E-state index contributed by atoms with van der Waals surface area (Å²) in [6.45, 7) is 2.78. The van der Waals surface area contributed by atoms with Gasteiger partial charge in [-0.05, 0) is 48.9 Å². The fourth-order valence-corrected chi connectivity index (χ4v) is 3.19. The molecule has 0 radical (unpaired) electrons. The number of rotatable bonds is 7. The lowest BCUT2D eigenvalue weighted by Gasteiger charge is -2.15. The van der Waals surface area contributed by atoms with Crippen LogP contribution in [0.2, 0.25) is 10.0 Å². The van der Waals surface area contributed by atoms with Crippen LogP contribution in [0.4, 0.5) is 10.1 Å². The van der Waals surface area contributed by atoms with Gasteiger partial charge in [-0.3, -0.25) is 0 Å². The summed E-state index contributed by atoms with van der Waals surface area (Å²) in [6, 6.07) is 16.0. The normalized spacial score (nSPS) is 10.6. The van der Waals surface area contributed by atoms with Crippen molar-refractivity contribution in [3.63, 3.8) is 0 Å². The molecule has 146 valence electrons. The van der Waals surface area contributed by atoms with Crippen molar-refractivity contribution in [2.45, 2.75) is 20.1 Å². The Labute approximate surface area is 174 Å². The van der Waals surface area contributed by atoms with E-state index in [2.05, 4.69) is 5.32 Å². The van der Waals surface area contributed by atoms with Gasteiger partial charge in [0, 0.05) is 17.8 Å². The molecular formula is C22H20Cl2FNO2. The van der Waals surface area contributed by atoms with Gasteiger partial charge >= 0.3 is 0 Å². The van der Waals surface area contributed by atoms with Gasteiger partial charge in [-0.25, -0.2) is 4.39 Å². The van der Waals surface area contributed by atoms with E-state index in [4.69, 9.17) is 32.7 Å². The highest BCUT2D eigenvalue weighted by Crippen LogP contribution is 2.37. The Bertz CT molecular complexity index is 961. The predicted octanol–water partition coefficient (Wildman–Crippen LogP) is 6.64. The molecule has 6 heteroatoms. The molecule has 1 N–H and O–H groups in total. The van der Waals surface area contributed by atoms with Crippen molar-refractivity contribution in [2.75, 3.05) is 12.4 Å². The predicted molar refractivity (Wildman–Crippen MR) is 112 cm³/mol. The van der Waals surface area contributed by atoms with E-state index in [9.17, 15) is 4.39 Å². The van der Waals surface area contributed by atoms with Crippen LogP contribution in [0.5, 0.6) is 11.5 Å². The van der Waals surface area contributed by atoms with Crippen molar-refractivity contribution in [1.29, 1.82) is 0 Å². The van der Waals surface area contributed by atoms with Gasteiger partial charge in [-0.15, -0.1) is 0 Å². The Morgan fingerprint density at radius 1 is 0.964 bits per heavy atom. The molecule has 28 heavy (non-hydrogen) atoms. The number of aryl methyl sites for hydroxylation is 1. The molecule has 0 bridgehead atoms. The molecule has 0 fully saturated rings. The van der Waals surface area contributed by atoms with Crippen LogP contribution in [0.15, 0.2) is 54.6 Å². The van der Waals surface area contributed by atoms with E-state index >= 15 is 0 Å². The standard InChI is InChI=1S/C22H20Cl2FNO2/c1-14-3-7-18(8-4-14)26-12-15-9-20(24)22(21(10-15)27-2)28-13-16-5-6-17(25)11-19(16)23/h3-11,26H,12-13H2,1-2H3. The fraction of sp³-hybridized carbons (Fsp3) is 0.182. The number of methoxy groups -OCH3 is 1. The minimum absolute atomic E-state index is 0.149. The second-order valence-electron chi connectivity index (χ2n) is 6.35. The van der Waals surface area contributed by atoms with Crippen molar-refractivity contribution in [3.05, 3.63) is 87.2 Å². The summed E-state index contributed by atoms with van der Waals surface area (Å²) in [5, 5.41) is 4.08. The molecule has 0 saturated heterocycles. The molecule has 3 nitrogen and oxygen atoms in total. The quantitative estimate of drug-likeness (QED) is 0.465. The molecule has 0 unspecified atom stereocenters. The average Bonchev–Trinajstić information content (AvgIpc) is 2.67. The molecule has 0 aliphatic heterocycles. The van der Waals surface area contributed by atoms with Gasteiger partial charge in [0.05, 0.1) is 17.2 Å². The van der Waals surface area contributed by atoms with E-state index in [0.29, 0.717) is 33.7 Å². The minimum atomic E-state index is -0.394. The lowest BCUT2D eigenvalue weighted by Crippen LogP contribution is -2.03. The van der Waals surface area contributed by atoms with Crippen molar-refractivity contribution in [2.24, 2.45) is 0 Å². The molecular weight excluding hydrogens is 400 g/mol. The van der Waals surface area contributed by atoms with Crippen LogP contribution in [-0.4, -0.2) is 7.11 Å². The van der Waals surface area contributed by atoms with Crippen LogP contribution in [0.25, 0.3) is 0 Å². The first-order valence-corrected chi connectivity index (χ1v) is 9.45. The van der Waals surface area contributed by atoms with Crippen LogP contribution >= 0.6 is 23.2 Å². The monoisotopic (exact) mass is 419 g/mol. The van der Waals surface area contributed by atoms with E-state index in [-0.39, 0.29) is 6.61 Å². The van der Waals surface area contributed by atoms with E-state index in [1.54, 1.807) is 13.2 Å². The van der Waals surface area contributed by atoms with E-state index in [0.717, 1.165) is 11.3 Å². The second-order valence-corrected chi connectivity index (χ2v) is 7.17. The van der Waals surface area contributed by atoms with Crippen LogP contribution in [-0.2, 0) is 13.2 Å².